The Bertz CT molecular complexity index is 925. The van der Waals surface area contributed by atoms with E-state index in [1.807, 2.05) is 36.4 Å². The van der Waals surface area contributed by atoms with Gasteiger partial charge in [0.15, 0.2) is 5.13 Å². The van der Waals surface area contributed by atoms with Crippen LogP contribution >= 0.6 is 38.9 Å². The van der Waals surface area contributed by atoms with Gasteiger partial charge in [0.2, 0.25) is 0 Å². The highest BCUT2D eigenvalue weighted by Crippen LogP contribution is 2.45. The molecule has 0 fully saturated rings. The standard InChI is InChI=1S/C18H14BrClN2OS/c1-23-14-7-6-13(19)12-5-8-15-17(16(12)14)22-18(24-15)21-11-4-2-3-10(20)9-11/h2-4,6-7,9H,5,8H2,1H3,(H,21,22). The van der Waals surface area contributed by atoms with Crippen LogP contribution in [0.1, 0.15) is 10.4 Å². The second-order valence-electron chi connectivity index (χ2n) is 5.53. The number of halogens is 2. The summed E-state index contributed by atoms with van der Waals surface area (Å²) in [6.45, 7) is 0. The molecule has 1 aromatic heterocycles. The number of hydrogen-bond acceptors (Lipinski definition) is 4. The Balaban J connectivity index is 1.77. The van der Waals surface area contributed by atoms with Crippen LogP contribution in [0, 0.1) is 0 Å². The minimum absolute atomic E-state index is 0.706. The second-order valence-corrected chi connectivity index (χ2v) is 7.90. The Labute approximate surface area is 157 Å². The average Bonchev–Trinajstić information content (AvgIpc) is 2.98. The van der Waals surface area contributed by atoms with Crippen molar-refractivity contribution in [2.24, 2.45) is 0 Å². The lowest BCUT2D eigenvalue weighted by Crippen LogP contribution is -2.05. The SMILES string of the molecule is COc1ccc(Br)c2c1-c1nc(Nc3cccc(Cl)c3)sc1CC2. The first-order valence-electron chi connectivity index (χ1n) is 7.53. The number of aryl methyl sites for hydroxylation is 1. The number of aromatic nitrogens is 1. The molecule has 1 aliphatic rings. The molecule has 3 aromatic rings. The molecule has 3 nitrogen and oxygen atoms in total. The molecular weight excluding hydrogens is 408 g/mol. The van der Waals surface area contributed by atoms with Crippen LogP contribution < -0.4 is 10.1 Å². The molecule has 1 aliphatic carbocycles. The fourth-order valence-corrected chi connectivity index (χ4v) is 4.68. The van der Waals surface area contributed by atoms with Gasteiger partial charge in [-0.25, -0.2) is 4.98 Å². The van der Waals surface area contributed by atoms with E-state index in [-0.39, 0.29) is 0 Å². The summed E-state index contributed by atoms with van der Waals surface area (Å²) < 4.78 is 6.69. The molecule has 6 heteroatoms. The molecule has 0 saturated carbocycles. The molecule has 0 spiro atoms. The van der Waals surface area contributed by atoms with Crippen molar-refractivity contribution >= 4 is 49.7 Å². The van der Waals surface area contributed by atoms with E-state index in [1.54, 1.807) is 18.4 Å². The van der Waals surface area contributed by atoms with E-state index in [0.29, 0.717) is 5.02 Å². The van der Waals surface area contributed by atoms with Crippen LogP contribution in [0.15, 0.2) is 40.9 Å². The van der Waals surface area contributed by atoms with Crippen molar-refractivity contribution in [2.75, 3.05) is 12.4 Å². The van der Waals surface area contributed by atoms with E-state index in [9.17, 15) is 0 Å². The van der Waals surface area contributed by atoms with Gasteiger partial charge in [-0.3, -0.25) is 0 Å². The van der Waals surface area contributed by atoms with Crippen LogP contribution in [-0.2, 0) is 12.8 Å². The zero-order valence-electron chi connectivity index (χ0n) is 12.9. The largest absolute Gasteiger partial charge is 0.496 e. The van der Waals surface area contributed by atoms with Crippen LogP contribution in [0.3, 0.4) is 0 Å². The molecule has 0 aliphatic heterocycles. The van der Waals surface area contributed by atoms with Gasteiger partial charge in [0, 0.05) is 25.6 Å². The minimum Gasteiger partial charge on any atom is -0.496 e. The first-order chi connectivity index (χ1) is 11.7. The summed E-state index contributed by atoms with van der Waals surface area (Å²) in [5.74, 6) is 0.869. The second kappa shape index (κ2) is 6.39. The highest BCUT2D eigenvalue weighted by Gasteiger charge is 2.26. The quantitative estimate of drug-likeness (QED) is 0.557. The van der Waals surface area contributed by atoms with Gasteiger partial charge in [0.05, 0.1) is 12.8 Å². The number of methoxy groups -OCH3 is 1. The number of ether oxygens (including phenoxy) is 1. The number of anilines is 2. The van der Waals surface area contributed by atoms with Gasteiger partial charge in [-0.05, 0) is 48.7 Å². The Kier molecular flexibility index (Phi) is 4.24. The van der Waals surface area contributed by atoms with Crippen molar-refractivity contribution in [3.05, 3.63) is 56.3 Å². The highest BCUT2D eigenvalue weighted by atomic mass is 79.9. The van der Waals surface area contributed by atoms with Crippen molar-refractivity contribution in [1.29, 1.82) is 0 Å². The number of rotatable bonds is 3. The van der Waals surface area contributed by atoms with Crippen LogP contribution in [0.2, 0.25) is 5.02 Å². The third kappa shape index (κ3) is 2.81. The summed E-state index contributed by atoms with van der Waals surface area (Å²) in [6.07, 6.45) is 1.97. The number of hydrogen-bond donors (Lipinski definition) is 1. The van der Waals surface area contributed by atoms with Gasteiger partial charge in [-0.1, -0.05) is 33.6 Å². The molecule has 0 radical (unpaired) electrons. The summed E-state index contributed by atoms with van der Waals surface area (Å²) in [4.78, 5) is 6.11. The smallest absolute Gasteiger partial charge is 0.187 e. The third-order valence-corrected chi connectivity index (χ3v) is 6.06. The molecular formula is C18H14BrClN2OS. The van der Waals surface area contributed by atoms with Crippen LogP contribution in [0.4, 0.5) is 10.8 Å². The minimum atomic E-state index is 0.706. The van der Waals surface area contributed by atoms with Gasteiger partial charge in [0.25, 0.3) is 0 Å². The highest BCUT2D eigenvalue weighted by molar-refractivity contribution is 9.10. The van der Waals surface area contributed by atoms with Crippen LogP contribution in [-0.4, -0.2) is 12.1 Å². The fourth-order valence-electron chi connectivity index (χ4n) is 2.97. The number of fused-ring (bicyclic) bond motifs is 3. The molecule has 122 valence electrons. The molecule has 0 bridgehead atoms. The number of benzene rings is 2. The first kappa shape index (κ1) is 15.9. The van der Waals surface area contributed by atoms with E-state index in [0.717, 1.165) is 45.1 Å². The van der Waals surface area contributed by atoms with E-state index in [1.165, 1.54) is 10.4 Å². The van der Waals surface area contributed by atoms with E-state index < -0.39 is 0 Å². The molecule has 4 rings (SSSR count). The molecule has 0 amide bonds. The molecule has 0 saturated heterocycles. The maximum absolute atomic E-state index is 6.06. The van der Waals surface area contributed by atoms with Gasteiger partial charge >= 0.3 is 0 Å². The normalized spacial score (nSPS) is 12.5. The molecule has 1 heterocycles. The average molecular weight is 422 g/mol. The summed E-state index contributed by atoms with van der Waals surface area (Å²) >= 11 is 11.4. The molecule has 24 heavy (non-hydrogen) atoms. The Morgan fingerprint density at radius 1 is 1.25 bits per heavy atom. The third-order valence-electron chi connectivity index (χ3n) is 4.05. The number of nitrogens with one attached hydrogen (secondary N) is 1. The topological polar surface area (TPSA) is 34.1 Å². The maximum Gasteiger partial charge on any atom is 0.187 e. The fraction of sp³-hybridized carbons (Fsp3) is 0.167. The number of thiazole rings is 1. The Morgan fingerprint density at radius 3 is 2.92 bits per heavy atom. The summed E-state index contributed by atoms with van der Waals surface area (Å²) in [6, 6.07) is 11.7. The monoisotopic (exact) mass is 420 g/mol. The van der Waals surface area contributed by atoms with Crippen molar-refractivity contribution < 1.29 is 4.74 Å². The number of nitrogens with zero attached hydrogens (tertiary/aromatic N) is 1. The Morgan fingerprint density at radius 2 is 2.12 bits per heavy atom. The summed E-state index contributed by atoms with van der Waals surface area (Å²) in [5.41, 5.74) is 4.32. The summed E-state index contributed by atoms with van der Waals surface area (Å²) in [5, 5.41) is 4.93. The lowest BCUT2D eigenvalue weighted by atomic mass is 9.93. The van der Waals surface area contributed by atoms with Gasteiger partial charge in [-0.15, -0.1) is 11.3 Å². The van der Waals surface area contributed by atoms with Crippen molar-refractivity contribution in [2.45, 2.75) is 12.8 Å². The predicted octanol–water partition coefficient (Wildman–Crippen LogP) is 6.08. The van der Waals surface area contributed by atoms with Crippen LogP contribution in [0.25, 0.3) is 11.3 Å². The van der Waals surface area contributed by atoms with Crippen molar-refractivity contribution in [1.82, 2.24) is 4.98 Å². The first-order valence-corrected chi connectivity index (χ1v) is 9.52. The lowest BCUT2D eigenvalue weighted by Gasteiger charge is -2.19. The van der Waals surface area contributed by atoms with E-state index in [4.69, 9.17) is 21.3 Å². The summed E-state index contributed by atoms with van der Waals surface area (Å²) in [7, 11) is 1.70. The van der Waals surface area contributed by atoms with Gasteiger partial charge in [0.1, 0.15) is 5.75 Å². The maximum atomic E-state index is 6.06. The predicted molar refractivity (Wildman–Crippen MR) is 104 cm³/mol. The Hall–Kier alpha value is -1.56. The molecule has 0 atom stereocenters. The van der Waals surface area contributed by atoms with Crippen molar-refractivity contribution in [3.63, 3.8) is 0 Å². The van der Waals surface area contributed by atoms with Crippen LogP contribution in [0.5, 0.6) is 5.75 Å². The van der Waals surface area contributed by atoms with E-state index in [2.05, 4.69) is 21.2 Å². The molecule has 0 unspecified atom stereocenters. The molecule has 1 N–H and O–H groups in total. The lowest BCUT2D eigenvalue weighted by molar-refractivity contribution is 0.415. The van der Waals surface area contributed by atoms with E-state index >= 15 is 0 Å². The van der Waals surface area contributed by atoms with Gasteiger partial charge < -0.3 is 10.1 Å². The van der Waals surface area contributed by atoms with Gasteiger partial charge in [-0.2, -0.15) is 0 Å². The zero-order chi connectivity index (χ0) is 16.7. The molecule has 2 aromatic carbocycles. The zero-order valence-corrected chi connectivity index (χ0v) is 16.1. The van der Waals surface area contributed by atoms with Crippen molar-refractivity contribution in [3.8, 4) is 17.0 Å².